The Hall–Kier alpha value is 0.700. The first kappa shape index (κ1) is 17.1. The van der Waals surface area contributed by atoms with E-state index in [0.717, 1.165) is 39.3 Å². The van der Waals surface area contributed by atoms with E-state index in [0.29, 0.717) is 5.92 Å². The number of hydrogen-bond acceptors (Lipinski definition) is 4. The van der Waals surface area contributed by atoms with Crippen molar-refractivity contribution in [2.24, 2.45) is 16.7 Å². The van der Waals surface area contributed by atoms with Gasteiger partial charge in [-0.05, 0) is 18.8 Å². The van der Waals surface area contributed by atoms with E-state index in [2.05, 4.69) is 20.8 Å². The first-order chi connectivity index (χ1) is 9.48. The molecule has 2 heterocycles. The first-order valence-electron chi connectivity index (χ1n) is 7.47. The van der Waals surface area contributed by atoms with E-state index in [1.165, 1.54) is 0 Å². The Morgan fingerprint density at radius 1 is 0.800 bits per heavy atom. The average molecular weight is 322 g/mol. The van der Waals surface area contributed by atoms with Crippen LogP contribution in [0.1, 0.15) is 33.6 Å². The first-order valence-corrected chi connectivity index (χ1v) is 10.7. The van der Waals surface area contributed by atoms with Crippen LogP contribution in [0.5, 0.6) is 0 Å². The van der Waals surface area contributed by atoms with Gasteiger partial charge in [0.05, 0.1) is 26.4 Å². The normalized spacial score (nSPS) is 44.2. The zero-order valence-electron chi connectivity index (χ0n) is 13.3. The molecule has 2 saturated heterocycles. The summed E-state index contributed by atoms with van der Waals surface area (Å²) in [6, 6.07) is 0. The van der Waals surface area contributed by atoms with Crippen LogP contribution in [0.25, 0.3) is 0 Å². The van der Waals surface area contributed by atoms with Gasteiger partial charge < -0.3 is 18.1 Å². The summed E-state index contributed by atoms with van der Waals surface area (Å²) < 4.78 is 23.5. The summed E-state index contributed by atoms with van der Waals surface area (Å²) in [6.45, 7) is 14.1. The Bertz CT molecular complexity index is 280. The van der Waals surface area contributed by atoms with Crippen molar-refractivity contribution in [1.82, 2.24) is 0 Å². The quantitative estimate of drug-likeness (QED) is 0.719. The Morgan fingerprint density at radius 3 is 1.35 bits per heavy atom. The van der Waals surface area contributed by atoms with E-state index in [9.17, 15) is 0 Å². The van der Waals surface area contributed by atoms with Gasteiger partial charge in [-0.3, -0.25) is 0 Å². The zero-order chi connectivity index (χ0) is 14.8. The Morgan fingerprint density at radius 2 is 1.10 bits per heavy atom. The third-order valence-electron chi connectivity index (χ3n) is 5.38. The second kappa shape index (κ2) is 6.86. The molecular formula is C14H28O4P2. The Labute approximate surface area is 125 Å². The molecule has 0 amide bonds. The van der Waals surface area contributed by atoms with Crippen LogP contribution in [-0.2, 0) is 18.1 Å². The van der Waals surface area contributed by atoms with E-state index in [1.54, 1.807) is 0 Å². The summed E-state index contributed by atoms with van der Waals surface area (Å²) in [5, 5.41) is 0. The van der Waals surface area contributed by atoms with Crippen LogP contribution in [0.2, 0.25) is 0 Å². The molecule has 0 unspecified atom stereocenters. The lowest BCUT2D eigenvalue weighted by Crippen LogP contribution is -2.51. The molecule has 4 nitrogen and oxygen atoms in total. The van der Waals surface area contributed by atoms with Gasteiger partial charge in [-0.2, -0.15) is 0 Å². The maximum absolute atomic E-state index is 5.87. The second-order valence-corrected chi connectivity index (χ2v) is 8.92. The van der Waals surface area contributed by atoms with Crippen molar-refractivity contribution in [1.29, 1.82) is 0 Å². The molecule has 118 valence electrons. The minimum Gasteiger partial charge on any atom is -0.334 e. The van der Waals surface area contributed by atoms with Crippen LogP contribution in [0, 0.1) is 16.7 Å². The molecule has 2 fully saturated rings. The fourth-order valence-corrected chi connectivity index (χ4v) is 5.11. The lowest BCUT2D eigenvalue weighted by molar-refractivity contribution is -0.101. The third kappa shape index (κ3) is 3.21. The van der Waals surface area contributed by atoms with Crippen molar-refractivity contribution in [3.05, 3.63) is 0 Å². The van der Waals surface area contributed by atoms with Crippen molar-refractivity contribution in [2.75, 3.05) is 39.8 Å². The molecule has 0 atom stereocenters. The summed E-state index contributed by atoms with van der Waals surface area (Å²) >= 11 is 0. The van der Waals surface area contributed by atoms with E-state index in [-0.39, 0.29) is 10.8 Å². The van der Waals surface area contributed by atoms with E-state index < -0.39 is 16.8 Å². The molecule has 0 aromatic carbocycles. The number of rotatable bonds is 4. The third-order valence-corrected chi connectivity index (χ3v) is 7.35. The van der Waals surface area contributed by atoms with Crippen molar-refractivity contribution in [3.63, 3.8) is 0 Å². The summed E-state index contributed by atoms with van der Waals surface area (Å²) in [5.74, 6) is 0.456. The molecule has 0 radical (unpaired) electrons. The van der Waals surface area contributed by atoms with Crippen molar-refractivity contribution in [2.45, 2.75) is 33.6 Å². The smallest absolute Gasteiger partial charge is 0.167 e. The van der Waals surface area contributed by atoms with Crippen LogP contribution in [-0.4, -0.2) is 39.8 Å². The van der Waals surface area contributed by atoms with Gasteiger partial charge in [-0.25, -0.2) is 0 Å². The summed E-state index contributed by atoms with van der Waals surface area (Å²) in [6.07, 6.45) is 2.14. The summed E-state index contributed by atoms with van der Waals surface area (Å²) in [5.41, 5.74) is 0.177. The van der Waals surface area contributed by atoms with Gasteiger partial charge in [0.2, 0.25) is 0 Å². The van der Waals surface area contributed by atoms with Gasteiger partial charge >= 0.3 is 0 Å². The minimum atomic E-state index is -0.685. The van der Waals surface area contributed by atoms with Crippen molar-refractivity contribution >= 4 is 16.8 Å². The predicted molar refractivity (Wildman–Crippen MR) is 84.1 cm³/mol. The topological polar surface area (TPSA) is 36.9 Å². The second-order valence-electron chi connectivity index (χ2n) is 6.13. The molecular weight excluding hydrogens is 294 g/mol. The molecule has 0 aromatic rings. The standard InChI is InChI=1S/C14H28O4P2/c1-6-13(8-15-19(4)16-9-13)12(3)14(7-2)10-17-20(5)18-11-14/h12H,6-11H2,1-5H3. The van der Waals surface area contributed by atoms with Crippen LogP contribution >= 0.6 is 16.8 Å². The lowest BCUT2D eigenvalue weighted by Gasteiger charge is -2.52. The molecule has 0 bridgehead atoms. The highest BCUT2D eigenvalue weighted by Gasteiger charge is 2.51. The molecule has 0 aliphatic carbocycles. The molecule has 6 heteroatoms. The molecule has 0 aromatic heterocycles. The van der Waals surface area contributed by atoms with Gasteiger partial charge in [-0.15, -0.1) is 0 Å². The van der Waals surface area contributed by atoms with Gasteiger partial charge in [-0.1, -0.05) is 20.8 Å². The van der Waals surface area contributed by atoms with Gasteiger partial charge in [0.25, 0.3) is 0 Å². The van der Waals surface area contributed by atoms with Crippen LogP contribution < -0.4 is 0 Å². The monoisotopic (exact) mass is 322 g/mol. The molecule has 2 rings (SSSR count). The van der Waals surface area contributed by atoms with E-state index in [1.807, 2.05) is 13.3 Å². The van der Waals surface area contributed by atoms with Crippen molar-refractivity contribution in [3.8, 4) is 0 Å². The lowest BCUT2D eigenvalue weighted by atomic mass is 9.61. The van der Waals surface area contributed by atoms with Crippen LogP contribution in [0.3, 0.4) is 0 Å². The molecule has 0 spiro atoms. The molecule has 20 heavy (non-hydrogen) atoms. The highest BCUT2D eigenvalue weighted by molar-refractivity contribution is 7.46. The number of hydrogen-bond donors (Lipinski definition) is 0. The van der Waals surface area contributed by atoms with E-state index >= 15 is 0 Å². The predicted octanol–water partition coefficient (Wildman–Crippen LogP) is 4.39. The Kier molecular flexibility index (Phi) is 5.85. The molecule has 0 N–H and O–H groups in total. The van der Waals surface area contributed by atoms with Gasteiger partial charge in [0.15, 0.2) is 16.8 Å². The molecule has 0 saturated carbocycles. The largest absolute Gasteiger partial charge is 0.334 e. The van der Waals surface area contributed by atoms with Crippen molar-refractivity contribution < 1.29 is 18.1 Å². The molecule has 2 aliphatic heterocycles. The van der Waals surface area contributed by atoms with E-state index in [4.69, 9.17) is 18.1 Å². The fourth-order valence-electron chi connectivity index (χ4n) is 3.21. The van der Waals surface area contributed by atoms with Crippen LogP contribution in [0.4, 0.5) is 0 Å². The average Bonchev–Trinajstić information content (AvgIpc) is 2.49. The SMILES string of the molecule is CCC1(C(C)C2(CC)COP(C)OC2)COP(C)OC1. The highest BCUT2D eigenvalue weighted by atomic mass is 31.2. The van der Waals surface area contributed by atoms with Crippen LogP contribution in [0.15, 0.2) is 0 Å². The fraction of sp³-hybridized carbons (Fsp3) is 1.00. The highest BCUT2D eigenvalue weighted by Crippen LogP contribution is 2.55. The van der Waals surface area contributed by atoms with Gasteiger partial charge in [0, 0.05) is 24.2 Å². The minimum absolute atomic E-state index is 0.0887. The maximum atomic E-state index is 5.87. The summed E-state index contributed by atoms with van der Waals surface area (Å²) in [4.78, 5) is 0. The van der Waals surface area contributed by atoms with Gasteiger partial charge in [0.1, 0.15) is 0 Å². The molecule has 2 aliphatic rings. The zero-order valence-corrected chi connectivity index (χ0v) is 15.1. The summed E-state index contributed by atoms with van der Waals surface area (Å²) in [7, 11) is -1.37. The maximum Gasteiger partial charge on any atom is 0.167 e. The Balaban J connectivity index is 2.15.